The second kappa shape index (κ2) is 12.1. The SMILES string of the molecule is C=C/C=C(/c1ccsc1)c1nc(-c2n[nH]c3ccc(C(/C=C(\C=C)NC(=C)CC(C)C)=C/C)c(F)c23)[nH]c1C. The van der Waals surface area contributed by atoms with E-state index in [9.17, 15) is 0 Å². The van der Waals surface area contributed by atoms with Crippen LogP contribution in [0.4, 0.5) is 4.39 Å². The van der Waals surface area contributed by atoms with E-state index < -0.39 is 0 Å². The number of halogens is 1. The number of aromatic amines is 2. The standard InChI is InChI=1S/C32H34FN5S/c1-8-11-26(23-14-15-39-18-23)30-21(7)35-32(36-30)31-28-27(37-38-31)13-12-25(29(28)33)22(9-2)17-24(10-3)34-20(6)16-19(4)5/h8-15,17-19,34H,1,3,6,16H2,2,4-5,7H3,(H,35,36)(H,37,38)/b22-9+,24-17+,26-11-. The number of imidazole rings is 1. The number of H-pyrrole nitrogens is 2. The lowest BCUT2D eigenvalue weighted by Gasteiger charge is -2.14. The summed E-state index contributed by atoms with van der Waals surface area (Å²) in [5.74, 6) is 0.585. The molecule has 39 heavy (non-hydrogen) atoms. The maximum atomic E-state index is 16.2. The lowest BCUT2D eigenvalue weighted by atomic mass is 10.0. The largest absolute Gasteiger partial charge is 0.359 e. The summed E-state index contributed by atoms with van der Waals surface area (Å²) in [5, 5.41) is 15.2. The molecule has 0 saturated heterocycles. The number of hydrogen-bond donors (Lipinski definition) is 3. The zero-order valence-electron chi connectivity index (χ0n) is 22.9. The quantitative estimate of drug-likeness (QED) is 0.167. The molecule has 3 N–H and O–H groups in total. The second-order valence-electron chi connectivity index (χ2n) is 9.68. The van der Waals surface area contributed by atoms with Gasteiger partial charge in [-0.3, -0.25) is 5.10 Å². The molecule has 0 radical (unpaired) electrons. The third kappa shape index (κ3) is 5.94. The van der Waals surface area contributed by atoms with Crippen molar-refractivity contribution in [1.82, 2.24) is 25.5 Å². The van der Waals surface area contributed by atoms with Gasteiger partial charge >= 0.3 is 0 Å². The summed E-state index contributed by atoms with van der Waals surface area (Å²) in [6.07, 6.45) is 9.97. The number of nitrogens with zero attached hydrogens (tertiary/aromatic N) is 2. The molecule has 0 aliphatic heterocycles. The minimum Gasteiger partial charge on any atom is -0.359 e. The molecule has 200 valence electrons. The smallest absolute Gasteiger partial charge is 0.159 e. The van der Waals surface area contributed by atoms with E-state index >= 15 is 4.39 Å². The Morgan fingerprint density at radius 2 is 2.03 bits per heavy atom. The maximum absolute atomic E-state index is 16.2. The zero-order valence-corrected chi connectivity index (χ0v) is 23.7. The minimum atomic E-state index is -0.375. The van der Waals surface area contributed by atoms with E-state index in [2.05, 4.69) is 59.5 Å². The van der Waals surface area contributed by atoms with Gasteiger partial charge in [0.15, 0.2) is 5.82 Å². The molecule has 0 saturated carbocycles. The summed E-state index contributed by atoms with van der Waals surface area (Å²) in [7, 11) is 0. The van der Waals surface area contributed by atoms with Crippen LogP contribution in [0.2, 0.25) is 0 Å². The Morgan fingerprint density at radius 1 is 1.23 bits per heavy atom. The fraction of sp³-hybridized carbons (Fsp3) is 0.188. The molecule has 7 heteroatoms. The number of thiophene rings is 1. The van der Waals surface area contributed by atoms with Crippen molar-refractivity contribution < 1.29 is 4.39 Å². The molecule has 0 aliphatic carbocycles. The van der Waals surface area contributed by atoms with Gasteiger partial charge < -0.3 is 10.3 Å². The fourth-order valence-electron chi connectivity index (χ4n) is 4.53. The Bertz CT molecular complexity index is 1610. The summed E-state index contributed by atoms with van der Waals surface area (Å²) in [5.41, 5.74) is 7.45. The topological polar surface area (TPSA) is 69.4 Å². The summed E-state index contributed by atoms with van der Waals surface area (Å²) in [6.45, 7) is 20.0. The van der Waals surface area contributed by atoms with Crippen LogP contribution in [0, 0.1) is 18.7 Å². The number of aryl methyl sites for hydroxylation is 1. The Labute approximate surface area is 233 Å². The predicted molar refractivity (Wildman–Crippen MR) is 164 cm³/mol. The van der Waals surface area contributed by atoms with E-state index in [0.29, 0.717) is 39.5 Å². The van der Waals surface area contributed by atoms with Crippen molar-refractivity contribution in [3.63, 3.8) is 0 Å². The first-order valence-corrected chi connectivity index (χ1v) is 13.8. The molecule has 0 unspecified atom stereocenters. The normalized spacial score (nSPS) is 12.8. The molecule has 0 spiro atoms. The van der Waals surface area contributed by atoms with E-state index in [1.54, 1.807) is 29.6 Å². The molecule has 4 rings (SSSR count). The van der Waals surface area contributed by atoms with Crippen molar-refractivity contribution in [1.29, 1.82) is 0 Å². The molecule has 1 aromatic carbocycles. The average molecular weight is 540 g/mol. The van der Waals surface area contributed by atoms with E-state index in [1.807, 2.05) is 49.6 Å². The second-order valence-corrected chi connectivity index (χ2v) is 10.5. The van der Waals surface area contributed by atoms with Crippen molar-refractivity contribution in [2.24, 2.45) is 5.92 Å². The number of nitrogens with one attached hydrogen (secondary N) is 3. The summed E-state index contributed by atoms with van der Waals surface area (Å²) < 4.78 is 16.2. The number of rotatable bonds is 11. The van der Waals surface area contributed by atoms with Crippen LogP contribution < -0.4 is 5.32 Å². The molecule has 0 fully saturated rings. The Morgan fingerprint density at radius 3 is 2.67 bits per heavy atom. The van der Waals surface area contributed by atoms with Gasteiger partial charge in [-0.05, 0) is 78.4 Å². The average Bonchev–Trinajstić information content (AvgIpc) is 3.65. The molecule has 0 atom stereocenters. The van der Waals surface area contributed by atoms with Gasteiger partial charge in [0.1, 0.15) is 11.5 Å². The Kier molecular flexibility index (Phi) is 8.62. The molecule has 3 heterocycles. The first-order valence-electron chi connectivity index (χ1n) is 12.8. The summed E-state index contributed by atoms with van der Waals surface area (Å²) >= 11 is 1.61. The highest BCUT2D eigenvalue weighted by atomic mass is 32.1. The van der Waals surface area contributed by atoms with Gasteiger partial charge in [-0.1, -0.05) is 51.8 Å². The minimum absolute atomic E-state index is 0.375. The van der Waals surface area contributed by atoms with Crippen molar-refractivity contribution >= 4 is 33.4 Å². The van der Waals surface area contributed by atoms with Gasteiger partial charge in [0.2, 0.25) is 0 Å². The van der Waals surface area contributed by atoms with E-state index in [4.69, 9.17) is 4.98 Å². The van der Waals surface area contributed by atoms with Gasteiger partial charge in [-0.2, -0.15) is 16.4 Å². The highest BCUT2D eigenvalue weighted by molar-refractivity contribution is 7.08. The van der Waals surface area contributed by atoms with Gasteiger partial charge in [0.05, 0.1) is 16.6 Å². The van der Waals surface area contributed by atoms with Crippen molar-refractivity contribution in [3.05, 3.63) is 119 Å². The molecule has 3 aromatic heterocycles. The third-order valence-corrected chi connectivity index (χ3v) is 6.96. The van der Waals surface area contributed by atoms with E-state index in [1.165, 1.54) is 0 Å². The van der Waals surface area contributed by atoms with E-state index in [-0.39, 0.29) is 5.82 Å². The molecular weight excluding hydrogens is 505 g/mol. The van der Waals surface area contributed by atoms with Gasteiger partial charge in [-0.25, -0.2) is 9.37 Å². The van der Waals surface area contributed by atoms with Crippen LogP contribution >= 0.6 is 11.3 Å². The zero-order chi connectivity index (χ0) is 28.1. The van der Waals surface area contributed by atoms with Gasteiger partial charge in [0.25, 0.3) is 0 Å². The van der Waals surface area contributed by atoms with Crippen molar-refractivity contribution in [3.8, 4) is 11.5 Å². The first-order chi connectivity index (χ1) is 18.8. The lowest BCUT2D eigenvalue weighted by molar-refractivity contribution is 0.622. The molecule has 0 bridgehead atoms. The van der Waals surface area contributed by atoms with Crippen LogP contribution in [0.25, 0.3) is 33.6 Å². The number of hydrogen-bond acceptors (Lipinski definition) is 4. The van der Waals surface area contributed by atoms with Gasteiger partial charge in [-0.15, -0.1) is 0 Å². The van der Waals surface area contributed by atoms with Crippen LogP contribution in [0.1, 0.15) is 49.7 Å². The summed E-state index contributed by atoms with van der Waals surface area (Å²) in [4.78, 5) is 8.17. The predicted octanol–water partition coefficient (Wildman–Crippen LogP) is 8.70. The third-order valence-electron chi connectivity index (χ3n) is 6.28. The van der Waals surface area contributed by atoms with Gasteiger partial charge in [0, 0.05) is 28.2 Å². The first kappa shape index (κ1) is 27.8. The molecule has 0 amide bonds. The monoisotopic (exact) mass is 539 g/mol. The number of benzene rings is 1. The van der Waals surface area contributed by atoms with Crippen LogP contribution in [-0.4, -0.2) is 20.2 Å². The molecular formula is C32H34FN5S. The summed E-state index contributed by atoms with van der Waals surface area (Å²) in [6, 6.07) is 5.64. The Hall–Kier alpha value is -4.23. The van der Waals surface area contributed by atoms with E-state index in [0.717, 1.165) is 40.3 Å². The number of fused-ring (bicyclic) bond motifs is 1. The van der Waals surface area contributed by atoms with Crippen LogP contribution in [-0.2, 0) is 0 Å². The highest BCUT2D eigenvalue weighted by Gasteiger charge is 2.21. The molecule has 5 nitrogen and oxygen atoms in total. The Balaban J connectivity index is 1.77. The highest BCUT2D eigenvalue weighted by Crippen LogP contribution is 2.34. The van der Waals surface area contributed by atoms with Crippen LogP contribution in [0.3, 0.4) is 0 Å². The van der Waals surface area contributed by atoms with Crippen molar-refractivity contribution in [2.45, 2.75) is 34.1 Å². The molecule has 4 aromatic rings. The van der Waals surface area contributed by atoms with Crippen LogP contribution in [0.5, 0.6) is 0 Å². The van der Waals surface area contributed by atoms with Crippen LogP contribution in [0.15, 0.2) is 90.5 Å². The maximum Gasteiger partial charge on any atom is 0.159 e. The fourth-order valence-corrected chi connectivity index (χ4v) is 5.18. The van der Waals surface area contributed by atoms with Crippen molar-refractivity contribution in [2.75, 3.05) is 0 Å². The lowest BCUT2D eigenvalue weighted by Crippen LogP contribution is -2.12. The number of aromatic nitrogens is 4. The molecule has 0 aliphatic rings. The number of allylic oxidation sites excluding steroid dienone is 7.